The number of hydrogen-bond acceptors (Lipinski definition) is 5. The van der Waals surface area contributed by atoms with E-state index in [-0.39, 0.29) is 22.7 Å². The monoisotopic (exact) mass is 392 g/mol. The molecule has 0 spiro atoms. The largest absolute Gasteiger partial charge is 0.495 e. The molecule has 0 heterocycles. The highest BCUT2D eigenvalue weighted by molar-refractivity contribution is 9.10. The molecule has 1 aliphatic carbocycles. The topological polar surface area (TPSA) is 90.6 Å². The van der Waals surface area contributed by atoms with Crippen molar-refractivity contribution in [2.45, 2.75) is 42.7 Å². The lowest BCUT2D eigenvalue weighted by molar-refractivity contribution is 0.370. The third-order valence-electron chi connectivity index (χ3n) is 3.82. The maximum atomic E-state index is 12.6. The third-order valence-corrected chi connectivity index (χ3v) is 5.98. The average Bonchev–Trinajstić information content (AvgIpc) is 2.49. The molecule has 1 aromatic carbocycles. The summed E-state index contributed by atoms with van der Waals surface area (Å²) in [5.74, 6) is 0.763. The van der Waals surface area contributed by atoms with Crippen molar-refractivity contribution in [2.24, 2.45) is 5.73 Å². The molecule has 1 aromatic rings. The highest BCUT2D eigenvalue weighted by Crippen LogP contribution is 2.35. The van der Waals surface area contributed by atoms with Crippen LogP contribution < -0.4 is 19.9 Å². The Morgan fingerprint density at radius 1 is 1.14 bits per heavy atom. The van der Waals surface area contributed by atoms with Crippen LogP contribution in [0, 0.1) is 0 Å². The molecule has 0 radical (unpaired) electrons. The second kappa shape index (κ2) is 7.16. The summed E-state index contributed by atoms with van der Waals surface area (Å²) < 4.78 is 38.9. The lowest BCUT2D eigenvalue weighted by Gasteiger charge is -2.27. The van der Waals surface area contributed by atoms with Crippen LogP contribution in [-0.2, 0) is 10.0 Å². The van der Waals surface area contributed by atoms with Crippen molar-refractivity contribution < 1.29 is 17.9 Å². The number of nitrogens with two attached hydrogens (primary N) is 1. The molecule has 3 N–H and O–H groups in total. The number of rotatable bonds is 5. The molecule has 0 aromatic heterocycles. The van der Waals surface area contributed by atoms with E-state index >= 15 is 0 Å². The maximum absolute atomic E-state index is 12.6. The Morgan fingerprint density at radius 2 is 1.73 bits per heavy atom. The van der Waals surface area contributed by atoms with Crippen LogP contribution in [0.2, 0.25) is 0 Å². The Kier molecular flexibility index (Phi) is 5.70. The summed E-state index contributed by atoms with van der Waals surface area (Å²) in [6.07, 6.45) is 3.16. The predicted octanol–water partition coefficient (Wildman–Crippen LogP) is 2.01. The van der Waals surface area contributed by atoms with E-state index in [0.717, 1.165) is 25.7 Å². The lowest BCUT2D eigenvalue weighted by Crippen LogP contribution is -2.40. The number of halogens is 1. The molecule has 2 rings (SSSR count). The first kappa shape index (κ1) is 17.5. The summed E-state index contributed by atoms with van der Waals surface area (Å²) in [4.78, 5) is 0.0950. The smallest absolute Gasteiger partial charge is 0.244 e. The number of sulfonamides is 1. The third kappa shape index (κ3) is 3.92. The van der Waals surface area contributed by atoms with E-state index in [9.17, 15) is 8.42 Å². The molecule has 0 aliphatic heterocycles. The molecule has 0 unspecified atom stereocenters. The van der Waals surface area contributed by atoms with E-state index in [1.165, 1.54) is 20.3 Å². The van der Waals surface area contributed by atoms with Crippen molar-refractivity contribution in [1.82, 2.24) is 4.72 Å². The van der Waals surface area contributed by atoms with E-state index in [4.69, 9.17) is 15.2 Å². The second-order valence-corrected chi connectivity index (χ2v) is 7.91. The fraction of sp³-hybridized carbons (Fsp3) is 0.571. The van der Waals surface area contributed by atoms with Gasteiger partial charge in [0.05, 0.1) is 18.7 Å². The Hall–Kier alpha value is -0.830. The van der Waals surface area contributed by atoms with Gasteiger partial charge in [0.15, 0.2) is 0 Å². The molecule has 6 nitrogen and oxygen atoms in total. The molecule has 0 bridgehead atoms. The van der Waals surface area contributed by atoms with Gasteiger partial charge in [0.2, 0.25) is 10.0 Å². The summed E-state index contributed by atoms with van der Waals surface area (Å²) in [6.45, 7) is 0. The SMILES string of the molecule is COc1cc(OC)c(S(=O)(=O)NC2CCC(N)CC2)cc1Br. The van der Waals surface area contributed by atoms with Crippen LogP contribution in [0.5, 0.6) is 11.5 Å². The number of nitrogens with one attached hydrogen (secondary N) is 1. The van der Waals surface area contributed by atoms with Crippen molar-refractivity contribution >= 4 is 26.0 Å². The van der Waals surface area contributed by atoms with Crippen molar-refractivity contribution in [3.05, 3.63) is 16.6 Å². The quantitative estimate of drug-likeness (QED) is 0.799. The van der Waals surface area contributed by atoms with Gasteiger partial charge in [0, 0.05) is 18.2 Å². The van der Waals surface area contributed by atoms with Gasteiger partial charge in [0.1, 0.15) is 16.4 Å². The van der Waals surface area contributed by atoms with Gasteiger partial charge in [-0.2, -0.15) is 0 Å². The Bertz CT molecular complexity index is 628. The fourth-order valence-corrected chi connectivity index (χ4v) is 4.70. The highest BCUT2D eigenvalue weighted by Gasteiger charge is 2.27. The molecule has 0 saturated heterocycles. The minimum absolute atomic E-state index is 0.0876. The molecule has 1 aliphatic rings. The molecule has 124 valence electrons. The van der Waals surface area contributed by atoms with Crippen LogP contribution in [0.25, 0.3) is 0 Å². The first-order valence-electron chi connectivity index (χ1n) is 7.07. The predicted molar refractivity (Wildman–Crippen MR) is 87.8 cm³/mol. The van der Waals surface area contributed by atoms with E-state index in [0.29, 0.717) is 10.2 Å². The van der Waals surface area contributed by atoms with Crippen molar-refractivity contribution in [1.29, 1.82) is 0 Å². The molecular weight excluding hydrogens is 372 g/mol. The van der Waals surface area contributed by atoms with E-state index in [1.54, 1.807) is 6.07 Å². The average molecular weight is 393 g/mol. The molecule has 1 fully saturated rings. The van der Waals surface area contributed by atoms with E-state index in [2.05, 4.69) is 20.7 Å². The summed E-state index contributed by atoms with van der Waals surface area (Å²) in [6, 6.07) is 3.13. The Balaban J connectivity index is 2.27. The van der Waals surface area contributed by atoms with Gasteiger partial charge in [0.25, 0.3) is 0 Å². The van der Waals surface area contributed by atoms with Gasteiger partial charge in [-0.05, 0) is 47.7 Å². The van der Waals surface area contributed by atoms with Crippen LogP contribution in [0.1, 0.15) is 25.7 Å². The summed E-state index contributed by atoms with van der Waals surface area (Å²) in [5.41, 5.74) is 5.85. The van der Waals surface area contributed by atoms with Crippen LogP contribution in [-0.4, -0.2) is 34.7 Å². The fourth-order valence-electron chi connectivity index (χ4n) is 2.56. The lowest BCUT2D eigenvalue weighted by atomic mass is 9.93. The minimum atomic E-state index is -3.67. The number of benzene rings is 1. The zero-order valence-corrected chi connectivity index (χ0v) is 15.0. The normalized spacial score (nSPS) is 22.4. The molecule has 22 heavy (non-hydrogen) atoms. The van der Waals surface area contributed by atoms with Crippen molar-refractivity contribution in [3.63, 3.8) is 0 Å². The van der Waals surface area contributed by atoms with Crippen LogP contribution in [0.3, 0.4) is 0 Å². The van der Waals surface area contributed by atoms with Gasteiger partial charge in [-0.25, -0.2) is 13.1 Å². The molecule has 1 saturated carbocycles. The highest BCUT2D eigenvalue weighted by atomic mass is 79.9. The Morgan fingerprint density at radius 3 is 2.27 bits per heavy atom. The van der Waals surface area contributed by atoms with Crippen molar-refractivity contribution in [2.75, 3.05) is 14.2 Å². The van der Waals surface area contributed by atoms with Crippen LogP contribution in [0.15, 0.2) is 21.5 Å². The number of hydrogen-bond donors (Lipinski definition) is 2. The van der Waals surface area contributed by atoms with Gasteiger partial charge in [-0.15, -0.1) is 0 Å². The summed E-state index contributed by atoms with van der Waals surface area (Å²) >= 11 is 3.31. The van der Waals surface area contributed by atoms with E-state index < -0.39 is 10.0 Å². The van der Waals surface area contributed by atoms with E-state index in [1.807, 2.05) is 0 Å². The number of methoxy groups -OCH3 is 2. The zero-order valence-electron chi connectivity index (χ0n) is 12.6. The number of ether oxygens (including phenoxy) is 2. The van der Waals surface area contributed by atoms with Crippen LogP contribution >= 0.6 is 15.9 Å². The van der Waals surface area contributed by atoms with Crippen molar-refractivity contribution in [3.8, 4) is 11.5 Å². The molecule has 0 amide bonds. The first-order valence-corrected chi connectivity index (χ1v) is 9.34. The molecule has 8 heteroatoms. The summed E-state index contributed by atoms with van der Waals surface area (Å²) in [5, 5.41) is 0. The molecule has 0 atom stereocenters. The Labute approximate surface area is 139 Å². The maximum Gasteiger partial charge on any atom is 0.244 e. The zero-order chi connectivity index (χ0) is 16.3. The summed E-state index contributed by atoms with van der Waals surface area (Å²) in [7, 11) is -0.726. The minimum Gasteiger partial charge on any atom is -0.495 e. The molecular formula is C14H21BrN2O4S. The standard InChI is InChI=1S/C14H21BrN2O4S/c1-20-12-8-13(21-2)14(7-11(12)15)22(18,19)17-10-5-3-9(16)4-6-10/h7-10,17H,3-6,16H2,1-2H3. The van der Waals surface area contributed by atoms with Gasteiger partial charge in [-0.3, -0.25) is 0 Å². The van der Waals surface area contributed by atoms with Gasteiger partial charge in [-0.1, -0.05) is 0 Å². The van der Waals surface area contributed by atoms with Gasteiger partial charge >= 0.3 is 0 Å². The second-order valence-electron chi connectivity index (χ2n) is 5.37. The first-order chi connectivity index (χ1) is 10.4. The van der Waals surface area contributed by atoms with Crippen LogP contribution in [0.4, 0.5) is 0 Å². The van der Waals surface area contributed by atoms with Gasteiger partial charge < -0.3 is 15.2 Å².